The fourth-order valence-corrected chi connectivity index (χ4v) is 8.22. The van der Waals surface area contributed by atoms with E-state index in [1.165, 1.54) is 16.2 Å². The minimum Gasteiger partial charge on any atom is -0.480 e. The molecule has 14 nitrogen and oxygen atoms in total. The Morgan fingerprint density at radius 1 is 0.980 bits per heavy atom. The van der Waals surface area contributed by atoms with Gasteiger partial charge in [-0.15, -0.1) is 11.3 Å². The van der Waals surface area contributed by atoms with E-state index >= 15 is 0 Å². The second-order valence-corrected chi connectivity index (χ2v) is 14.1. The minimum absolute atomic E-state index is 0.0778. The van der Waals surface area contributed by atoms with E-state index in [1.807, 2.05) is 41.8 Å². The van der Waals surface area contributed by atoms with Crippen molar-refractivity contribution in [1.29, 1.82) is 0 Å². The number of carbonyl (C=O) groups is 5. The molecule has 1 saturated heterocycles. The van der Waals surface area contributed by atoms with Gasteiger partial charge in [-0.2, -0.15) is 0 Å². The zero-order valence-electron chi connectivity index (χ0n) is 27.5. The number of rotatable bonds is 13. The molecule has 1 aromatic carbocycles. The van der Waals surface area contributed by atoms with Crippen molar-refractivity contribution in [2.75, 3.05) is 13.1 Å². The highest BCUT2D eigenvalue weighted by molar-refractivity contribution is 7.09. The molecule has 0 unspecified atom stereocenters. The Balaban J connectivity index is 1.44. The van der Waals surface area contributed by atoms with Gasteiger partial charge >= 0.3 is 5.97 Å². The largest absolute Gasteiger partial charge is 0.480 e. The second-order valence-electron chi connectivity index (χ2n) is 13.0. The Bertz CT molecular complexity index is 1550. The molecule has 49 heavy (non-hydrogen) atoms. The van der Waals surface area contributed by atoms with Crippen molar-refractivity contribution in [2.45, 2.75) is 94.5 Å². The molecule has 15 heteroatoms. The van der Waals surface area contributed by atoms with Crippen LogP contribution in [-0.4, -0.2) is 93.8 Å². The normalized spacial score (nSPS) is 22.6. The average Bonchev–Trinajstić information content (AvgIpc) is 3.76. The van der Waals surface area contributed by atoms with Gasteiger partial charge in [0, 0.05) is 36.9 Å². The van der Waals surface area contributed by atoms with Crippen LogP contribution in [0.2, 0.25) is 0 Å². The van der Waals surface area contributed by atoms with Crippen molar-refractivity contribution in [3.63, 3.8) is 0 Å². The van der Waals surface area contributed by atoms with E-state index in [2.05, 4.69) is 15.6 Å². The molecule has 4 amide bonds. The number of likely N-dealkylation sites (tertiary alicyclic amines) is 1. The van der Waals surface area contributed by atoms with Gasteiger partial charge in [0.1, 0.15) is 24.2 Å². The van der Waals surface area contributed by atoms with Crippen molar-refractivity contribution in [1.82, 2.24) is 20.4 Å². The Morgan fingerprint density at radius 2 is 1.73 bits per heavy atom. The number of carboxylic acid groups (broad SMARTS) is 1. The number of aliphatic carboxylic acids is 1. The summed E-state index contributed by atoms with van der Waals surface area (Å²) in [5, 5.41) is 17.3. The highest BCUT2D eigenvalue weighted by atomic mass is 32.1. The fourth-order valence-electron chi connectivity index (χ4n) is 7.47. The summed E-state index contributed by atoms with van der Waals surface area (Å²) in [5.41, 5.74) is 18.2. The molecule has 9 N–H and O–H groups in total. The van der Waals surface area contributed by atoms with Crippen molar-refractivity contribution in [3.05, 3.63) is 57.8 Å². The molecule has 1 saturated carbocycles. The summed E-state index contributed by atoms with van der Waals surface area (Å²) < 4.78 is 0. The number of thiophene rings is 1. The van der Waals surface area contributed by atoms with E-state index in [0.29, 0.717) is 19.3 Å². The first-order valence-electron chi connectivity index (χ1n) is 16.9. The van der Waals surface area contributed by atoms with Gasteiger partial charge in [-0.05, 0) is 60.6 Å². The predicted octanol–water partition coefficient (Wildman–Crippen LogP) is 0.470. The lowest BCUT2D eigenvalue weighted by atomic mass is 9.84. The third kappa shape index (κ3) is 8.57. The molecule has 0 radical (unpaired) electrons. The topological polar surface area (TPSA) is 227 Å². The van der Waals surface area contributed by atoms with Gasteiger partial charge in [0.15, 0.2) is 5.96 Å². The summed E-state index contributed by atoms with van der Waals surface area (Å²) in [4.78, 5) is 75.9. The number of amides is 4. The number of carboxylic acids is 1. The van der Waals surface area contributed by atoms with Gasteiger partial charge in [-0.1, -0.05) is 43.2 Å². The lowest BCUT2D eigenvalue weighted by Gasteiger charge is -2.42. The molecule has 5 rings (SSSR count). The Kier molecular flexibility index (Phi) is 11.9. The van der Waals surface area contributed by atoms with Crippen LogP contribution in [0.4, 0.5) is 0 Å². The van der Waals surface area contributed by atoms with Crippen molar-refractivity contribution < 1.29 is 29.1 Å². The number of benzene rings is 1. The molecule has 2 aliphatic heterocycles. The average molecular weight is 695 g/mol. The highest BCUT2D eigenvalue weighted by Crippen LogP contribution is 2.41. The molecule has 0 spiro atoms. The van der Waals surface area contributed by atoms with E-state index in [9.17, 15) is 29.1 Å². The van der Waals surface area contributed by atoms with Crippen LogP contribution < -0.4 is 27.8 Å². The number of nitrogens with one attached hydrogen (secondary N) is 2. The maximum atomic E-state index is 14.9. The molecule has 3 heterocycles. The smallest absolute Gasteiger partial charge is 0.326 e. The van der Waals surface area contributed by atoms with E-state index in [4.69, 9.17) is 17.2 Å². The number of fused-ring (bicyclic) bond motifs is 2. The summed E-state index contributed by atoms with van der Waals surface area (Å²) in [6, 6.07) is 7.20. The summed E-state index contributed by atoms with van der Waals surface area (Å²) in [6.07, 6.45) is 4.76. The summed E-state index contributed by atoms with van der Waals surface area (Å²) >= 11 is 1.46. The van der Waals surface area contributed by atoms with Crippen LogP contribution >= 0.6 is 11.3 Å². The lowest BCUT2D eigenvalue weighted by Crippen LogP contribution is -2.62. The summed E-state index contributed by atoms with van der Waals surface area (Å²) in [6.45, 7) is 0.0750. The quantitative estimate of drug-likeness (QED) is 0.0972. The first-order chi connectivity index (χ1) is 23.6. The molecule has 1 aliphatic carbocycles. The van der Waals surface area contributed by atoms with Crippen LogP contribution in [0.5, 0.6) is 0 Å². The summed E-state index contributed by atoms with van der Waals surface area (Å²) in [5.74, 6) is -2.99. The van der Waals surface area contributed by atoms with E-state index in [-0.39, 0.29) is 62.7 Å². The Hall–Kier alpha value is -4.50. The maximum absolute atomic E-state index is 14.9. The van der Waals surface area contributed by atoms with Gasteiger partial charge in [-0.3, -0.25) is 24.2 Å². The predicted molar refractivity (Wildman–Crippen MR) is 184 cm³/mol. The van der Waals surface area contributed by atoms with Crippen LogP contribution in [0.15, 0.2) is 46.8 Å². The minimum atomic E-state index is -1.19. The molecule has 1 aromatic heterocycles. The number of hydrogen-bond acceptors (Lipinski definition) is 8. The zero-order valence-corrected chi connectivity index (χ0v) is 28.3. The molecule has 2 aromatic rings. The molecular formula is C34H46N8O6S. The zero-order chi connectivity index (χ0) is 35.1. The Labute approximate surface area is 289 Å². The second kappa shape index (κ2) is 16.3. The molecule has 2 fully saturated rings. The number of aliphatic imine (C=N–C) groups is 1. The van der Waals surface area contributed by atoms with Crippen LogP contribution in [0.25, 0.3) is 0 Å². The Morgan fingerprint density at radius 3 is 2.43 bits per heavy atom. The molecular weight excluding hydrogens is 648 g/mol. The van der Waals surface area contributed by atoms with Crippen LogP contribution in [-0.2, 0) is 43.4 Å². The molecule has 0 bridgehead atoms. The molecule has 3 aliphatic rings. The van der Waals surface area contributed by atoms with Crippen molar-refractivity contribution in [3.8, 4) is 0 Å². The SMILES string of the molecule is NCC(=O)N[C@@H](Cc1cccs1)C(=O)N1Cc2ccccc2C[C@@H]1C(=O)N1[C@H](C(=O)N[C@@H](CCCN=C(N)N)C(=O)O)C[C@@H]2CCCC[C@@H]21. The highest BCUT2D eigenvalue weighted by Gasteiger charge is 2.51. The number of hydrogen-bond donors (Lipinski definition) is 6. The maximum Gasteiger partial charge on any atom is 0.326 e. The van der Waals surface area contributed by atoms with Crippen LogP contribution in [0, 0.1) is 5.92 Å². The fraction of sp³-hybridized carbons (Fsp3) is 0.529. The first-order valence-corrected chi connectivity index (χ1v) is 17.7. The lowest BCUT2D eigenvalue weighted by molar-refractivity contribution is -0.153. The number of guanidine groups is 1. The number of nitrogens with zero attached hydrogens (tertiary/aromatic N) is 3. The van der Waals surface area contributed by atoms with Gasteiger partial charge < -0.3 is 42.7 Å². The van der Waals surface area contributed by atoms with E-state index < -0.39 is 47.9 Å². The van der Waals surface area contributed by atoms with E-state index in [1.54, 1.807) is 4.90 Å². The standard InChI is InChI=1S/C34H46N8O6S/c35-18-29(43)39-25(17-23-10-6-14-49-23)31(45)41-19-22-9-2-1-7-20(22)15-28(41)32(46)42-26-12-4-3-8-21(26)16-27(42)30(44)40-24(33(47)48)11-5-13-38-34(36)37/h1-2,6-7,9-10,14,21,24-28H,3-5,8,11-13,15-19,35H2,(H,39,43)(H,40,44)(H,47,48)(H4,36,37,38)/t21-,24-,25-,26-,27-,28+/m0/s1. The number of carbonyl (C=O) groups excluding carboxylic acids is 4. The van der Waals surface area contributed by atoms with Gasteiger partial charge in [0.25, 0.3) is 0 Å². The molecule has 264 valence electrons. The van der Waals surface area contributed by atoms with Crippen molar-refractivity contribution in [2.24, 2.45) is 28.1 Å². The van der Waals surface area contributed by atoms with Gasteiger partial charge in [-0.25, -0.2) is 4.79 Å². The third-order valence-electron chi connectivity index (χ3n) is 9.83. The van der Waals surface area contributed by atoms with Crippen LogP contribution in [0.3, 0.4) is 0 Å². The first kappa shape index (κ1) is 35.8. The monoisotopic (exact) mass is 694 g/mol. The van der Waals surface area contributed by atoms with Crippen molar-refractivity contribution >= 4 is 46.9 Å². The van der Waals surface area contributed by atoms with Gasteiger partial charge in [0.05, 0.1) is 6.54 Å². The third-order valence-corrected chi connectivity index (χ3v) is 10.7. The van der Waals surface area contributed by atoms with Gasteiger partial charge in [0.2, 0.25) is 23.6 Å². The van der Waals surface area contributed by atoms with E-state index in [0.717, 1.165) is 35.3 Å². The number of nitrogens with two attached hydrogens (primary N) is 3. The molecule has 6 atom stereocenters. The van der Waals surface area contributed by atoms with Crippen LogP contribution in [0.1, 0.15) is 60.9 Å². The summed E-state index contributed by atoms with van der Waals surface area (Å²) in [7, 11) is 0.